The van der Waals surface area contributed by atoms with Crippen LogP contribution in [0.1, 0.15) is 40.5 Å². The average Bonchev–Trinajstić information content (AvgIpc) is 2.16. The van der Waals surface area contributed by atoms with Crippen LogP contribution < -0.4 is 11.5 Å². The molecule has 104 valence electrons. The second-order valence-corrected chi connectivity index (χ2v) is 9.93. The van der Waals surface area contributed by atoms with Gasteiger partial charge >= 0.3 is 8.56 Å². The van der Waals surface area contributed by atoms with Crippen molar-refractivity contribution in [3.63, 3.8) is 0 Å². The molecular weight excluding hydrogens is 232 g/mol. The molecule has 0 radical (unpaired) electrons. The minimum Gasteiger partial charge on any atom is -0.398 e. The van der Waals surface area contributed by atoms with Gasteiger partial charge in [0.05, 0.1) is 0 Å². The Kier molecular flexibility index (Phi) is 6.31. The molecule has 0 atom stereocenters. The second-order valence-electron chi connectivity index (χ2n) is 6.30. The van der Waals surface area contributed by atoms with Crippen LogP contribution in [0.15, 0.2) is 0 Å². The number of rotatable bonds is 8. The fourth-order valence-corrected chi connectivity index (χ4v) is 4.93. The summed E-state index contributed by atoms with van der Waals surface area (Å²) < 4.78 is 11.4. The summed E-state index contributed by atoms with van der Waals surface area (Å²) in [7, 11) is 1.35. The summed E-state index contributed by atoms with van der Waals surface area (Å²) in [5.41, 5.74) is 11.7. The highest BCUT2D eigenvalue weighted by Crippen LogP contribution is 2.26. The molecule has 0 aliphatic heterocycles. The van der Waals surface area contributed by atoms with E-state index in [0.717, 1.165) is 24.9 Å². The molecule has 4 nitrogen and oxygen atoms in total. The van der Waals surface area contributed by atoms with E-state index in [1.807, 2.05) is 27.7 Å². The summed E-state index contributed by atoms with van der Waals surface area (Å²) in [5, 5.41) is 0. The molecule has 0 rings (SSSR count). The van der Waals surface area contributed by atoms with E-state index < -0.39 is 8.56 Å². The Hall–Kier alpha value is 0.0569. The minimum absolute atomic E-state index is 0.173. The molecule has 5 heteroatoms. The molecule has 0 aromatic rings. The second kappa shape index (κ2) is 6.29. The van der Waals surface area contributed by atoms with Crippen molar-refractivity contribution in [1.29, 1.82) is 0 Å². The first-order chi connectivity index (χ1) is 7.54. The first-order valence-electron chi connectivity index (χ1n) is 6.22. The summed E-state index contributed by atoms with van der Waals surface area (Å²) in [6.07, 6.45) is 1.82. The first-order valence-corrected chi connectivity index (χ1v) is 8.45. The third kappa shape index (κ3) is 7.89. The van der Waals surface area contributed by atoms with Crippen LogP contribution in [0.3, 0.4) is 0 Å². The lowest BCUT2D eigenvalue weighted by molar-refractivity contribution is 0.232. The molecule has 0 aliphatic carbocycles. The van der Waals surface area contributed by atoms with Gasteiger partial charge in [-0.1, -0.05) is 0 Å². The largest absolute Gasteiger partial charge is 0.398 e. The van der Waals surface area contributed by atoms with Crippen LogP contribution in [0.25, 0.3) is 0 Å². The minimum atomic E-state index is -2.12. The van der Waals surface area contributed by atoms with Gasteiger partial charge in [0.15, 0.2) is 0 Å². The van der Waals surface area contributed by atoms with Gasteiger partial charge in [0.2, 0.25) is 0 Å². The summed E-state index contributed by atoms with van der Waals surface area (Å²) in [6.45, 7) is 8.13. The van der Waals surface area contributed by atoms with E-state index >= 15 is 0 Å². The van der Waals surface area contributed by atoms with Crippen LogP contribution in [-0.4, -0.2) is 33.9 Å². The number of hydrogen-bond donors (Lipinski definition) is 2. The van der Waals surface area contributed by atoms with Crippen LogP contribution in [-0.2, 0) is 8.85 Å². The van der Waals surface area contributed by atoms with Gasteiger partial charge < -0.3 is 20.3 Å². The van der Waals surface area contributed by atoms with Gasteiger partial charge in [-0.15, -0.1) is 0 Å². The lowest BCUT2D eigenvalue weighted by atomic mass is 10.0. The monoisotopic (exact) mass is 262 g/mol. The zero-order valence-corrected chi connectivity index (χ0v) is 13.3. The zero-order valence-electron chi connectivity index (χ0n) is 12.3. The van der Waals surface area contributed by atoms with Crippen molar-refractivity contribution in [2.45, 2.75) is 63.7 Å². The third-order valence-electron chi connectivity index (χ3n) is 3.04. The fraction of sp³-hybridized carbons (Fsp3) is 1.00. The molecular formula is C12H30N2O2Si. The predicted octanol–water partition coefficient (Wildman–Crippen LogP) is 1.98. The molecule has 0 saturated heterocycles. The van der Waals surface area contributed by atoms with Crippen LogP contribution in [0.4, 0.5) is 0 Å². The Balaban J connectivity index is 4.46. The normalized spacial score (nSPS) is 14.1. The Morgan fingerprint density at radius 2 is 1.12 bits per heavy atom. The maximum atomic E-state index is 6.02. The smallest absolute Gasteiger partial charge is 0.337 e. The summed E-state index contributed by atoms with van der Waals surface area (Å²) in [6, 6.07) is 1.83. The van der Waals surface area contributed by atoms with Crippen molar-refractivity contribution in [3.8, 4) is 0 Å². The quantitative estimate of drug-likeness (QED) is 0.656. The molecule has 0 spiro atoms. The molecule has 17 heavy (non-hydrogen) atoms. The van der Waals surface area contributed by atoms with Crippen LogP contribution in [0, 0.1) is 0 Å². The fourth-order valence-electron chi connectivity index (χ4n) is 1.64. The lowest BCUT2D eigenvalue weighted by Gasteiger charge is -2.32. The maximum Gasteiger partial charge on any atom is 0.337 e. The molecule has 0 aliphatic rings. The Morgan fingerprint density at radius 1 is 0.824 bits per heavy atom. The topological polar surface area (TPSA) is 70.5 Å². The summed E-state index contributed by atoms with van der Waals surface area (Å²) >= 11 is 0. The molecule has 0 unspecified atom stereocenters. The average molecular weight is 262 g/mol. The summed E-state index contributed by atoms with van der Waals surface area (Å²) in [4.78, 5) is 0. The van der Waals surface area contributed by atoms with Crippen molar-refractivity contribution in [3.05, 3.63) is 0 Å². The van der Waals surface area contributed by atoms with Crippen molar-refractivity contribution in [2.75, 3.05) is 14.2 Å². The van der Waals surface area contributed by atoms with Gasteiger partial charge in [0, 0.05) is 25.3 Å². The molecule has 0 amide bonds. The number of nitrogens with two attached hydrogens (primary N) is 2. The van der Waals surface area contributed by atoms with Gasteiger partial charge in [-0.2, -0.15) is 0 Å². The van der Waals surface area contributed by atoms with Gasteiger partial charge in [0.1, 0.15) is 0 Å². The van der Waals surface area contributed by atoms with Gasteiger partial charge in [-0.05, 0) is 52.6 Å². The van der Waals surface area contributed by atoms with E-state index in [9.17, 15) is 0 Å². The molecule has 0 fully saturated rings. The van der Waals surface area contributed by atoms with Crippen molar-refractivity contribution in [2.24, 2.45) is 11.5 Å². The first kappa shape index (κ1) is 17.1. The van der Waals surface area contributed by atoms with E-state index in [4.69, 9.17) is 20.3 Å². The summed E-state index contributed by atoms with van der Waals surface area (Å²) in [5.74, 6) is 0. The van der Waals surface area contributed by atoms with Crippen molar-refractivity contribution in [1.82, 2.24) is 0 Å². The highest BCUT2D eigenvalue weighted by molar-refractivity contribution is 6.67. The van der Waals surface area contributed by atoms with Gasteiger partial charge in [0.25, 0.3) is 0 Å². The van der Waals surface area contributed by atoms with E-state index in [1.165, 1.54) is 0 Å². The predicted molar refractivity (Wildman–Crippen MR) is 75.2 cm³/mol. The van der Waals surface area contributed by atoms with E-state index in [1.54, 1.807) is 14.2 Å². The highest BCUT2D eigenvalue weighted by atomic mass is 28.4. The van der Waals surface area contributed by atoms with Crippen molar-refractivity contribution >= 4 is 8.56 Å². The molecule has 0 heterocycles. The Labute approximate surface area is 107 Å². The molecule has 0 aromatic heterocycles. The number of hydrogen-bond acceptors (Lipinski definition) is 4. The SMILES string of the molecule is CO[Si](CCC(C)(C)N)(CCC(C)(C)N)OC. The Bertz CT molecular complexity index is 198. The maximum absolute atomic E-state index is 6.02. The van der Waals surface area contributed by atoms with Gasteiger partial charge in [-0.25, -0.2) is 0 Å². The van der Waals surface area contributed by atoms with Crippen LogP contribution in [0.5, 0.6) is 0 Å². The molecule has 0 aromatic carbocycles. The van der Waals surface area contributed by atoms with E-state index in [2.05, 4.69) is 0 Å². The molecule has 0 saturated carbocycles. The molecule has 4 N–H and O–H groups in total. The molecule has 0 bridgehead atoms. The van der Waals surface area contributed by atoms with Crippen LogP contribution in [0.2, 0.25) is 12.1 Å². The zero-order chi connectivity index (χ0) is 13.7. The Morgan fingerprint density at radius 3 is 1.29 bits per heavy atom. The highest BCUT2D eigenvalue weighted by Gasteiger charge is 2.37. The van der Waals surface area contributed by atoms with E-state index in [-0.39, 0.29) is 11.1 Å². The lowest BCUT2D eigenvalue weighted by Crippen LogP contribution is -2.45. The third-order valence-corrected chi connectivity index (χ3v) is 6.56. The van der Waals surface area contributed by atoms with Crippen LogP contribution >= 0.6 is 0 Å². The van der Waals surface area contributed by atoms with E-state index in [0.29, 0.717) is 0 Å². The van der Waals surface area contributed by atoms with Crippen molar-refractivity contribution < 1.29 is 8.85 Å². The van der Waals surface area contributed by atoms with Gasteiger partial charge in [-0.3, -0.25) is 0 Å². The standard InChI is InChI=1S/C12H30N2O2Si/c1-11(2,13)7-9-17(15-5,16-6)10-8-12(3,4)14/h7-10,13-14H2,1-6H3.